The van der Waals surface area contributed by atoms with Crippen molar-refractivity contribution >= 4 is 23.3 Å². The first kappa shape index (κ1) is 15.0. The van der Waals surface area contributed by atoms with Gasteiger partial charge in [-0.25, -0.2) is 9.67 Å². The summed E-state index contributed by atoms with van der Waals surface area (Å²) in [5.41, 5.74) is -0.172. The summed E-state index contributed by atoms with van der Waals surface area (Å²) < 4.78 is 5.41. The first-order chi connectivity index (χ1) is 10.1. The molecule has 2 heterocycles. The van der Waals surface area contributed by atoms with E-state index in [1.165, 1.54) is 19.6 Å². The molecule has 2 aromatic heterocycles. The molecule has 2 rings (SSSR count). The number of methoxy groups -OCH3 is 1. The van der Waals surface area contributed by atoms with Crippen molar-refractivity contribution < 1.29 is 9.53 Å². The third-order valence-corrected chi connectivity index (χ3v) is 3.00. The Bertz CT molecular complexity index is 669. The van der Waals surface area contributed by atoms with Gasteiger partial charge in [0.2, 0.25) is 0 Å². The van der Waals surface area contributed by atoms with Crippen LogP contribution in [0.2, 0.25) is 5.02 Å². The number of hydrogen-bond acceptors (Lipinski definition) is 7. The van der Waals surface area contributed by atoms with Gasteiger partial charge in [0.15, 0.2) is 0 Å². The van der Waals surface area contributed by atoms with Crippen molar-refractivity contribution in [2.75, 3.05) is 19.0 Å². The van der Waals surface area contributed by atoms with Crippen LogP contribution >= 0.6 is 11.6 Å². The van der Waals surface area contributed by atoms with Gasteiger partial charge in [-0.2, -0.15) is 10.2 Å². The Labute approximate surface area is 124 Å². The van der Waals surface area contributed by atoms with Gasteiger partial charge in [-0.3, -0.25) is 14.7 Å². The Hall–Kier alpha value is -2.42. The molecule has 0 unspecified atom stereocenters. The van der Waals surface area contributed by atoms with Crippen molar-refractivity contribution in [1.82, 2.24) is 25.0 Å². The topological polar surface area (TPSA) is 115 Å². The van der Waals surface area contributed by atoms with Gasteiger partial charge in [0.05, 0.1) is 19.0 Å². The highest BCUT2D eigenvalue weighted by Gasteiger charge is 2.12. The van der Waals surface area contributed by atoms with Crippen LogP contribution in [0.15, 0.2) is 17.3 Å². The Morgan fingerprint density at radius 1 is 1.57 bits per heavy atom. The molecule has 0 spiro atoms. The van der Waals surface area contributed by atoms with Gasteiger partial charge in [-0.05, 0) is 0 Å². The lowest BCUT2D eigenvalue weighted by molar-refractivity contribution is -0.141. The van der Waals surface area contributed by atoms with Gasteiger partial charge < -0.3 is 10.1 Å². The first-order valence-electron chi connectivity index (χ1n) is 6.02. The molecule has 112 valence electrons. The molecule has 0 aliphatic carbocycles. The molecule has 10 heteroatoms. The number of carbonyl (C=O) groups excluding carboxylic acids is 1. The van der Waals surface area contributed by atoms with Crippen LogP contribution in [-0.4, -0.2) is 44.6 Å². The Morgan fingerprint density at radius 3 is 3.05 bits per heavy atom. The zero-order valence-corrected chi connectivity index (χ0v) is 11.9. The normalized spacial score (nSPS) is 10.4. The highest BCUT2D eigenvalue weighted by molar-refractivity contribution is 6.32. The lowest BCUT2D eigenvalue weighted by Crippen LogP contribution is -2.28. The minimum absolute atomic E-state index is 0.0357. The Balaban J connectivity index is 2.02. The van der Waals surface area contributed by atoms with Crippen LogP contribution in [0.3, 0.4) is 0 Å². The van der Waals surface area contributed by atoms with Crippen molar-refractivity contribution in [1.29, 1.82) is 0 Å². The number of esters is 1. The molecule has 0 aliphatic heterocycles. The molecule has 0 aromatic carbocycles. The molecule has 0 atom stereocenters. The number of H-pyrrole nitrogens is 1. The second kappa shape index (κ2) is 6.84. The molecular formula is C11H13ClN6O3. The summed E-state index contributed by atoms with van der Waals surface area (Å²) in [5.74, 6) is 0.136. The molecule has 2 aromatic rings. The molecule has 0 bridgehead atoms. The van der Waals surface area contributed by atoms with E-state index < -0.39 is 11.5 Å². The fraction of sp³-hybridized carbons (Fsp3) is 0.364. The number of nitrogens with one attached hydrogen (secondary N) is 2. The largest absolute Gasteiger partial charge is 0.468 e. The summed E-state index contributed by atoms with van der Waals surface area (Å²) >= 11 is 5.96. The highest BCUT2D eigenvalue weighted by atomic mass is 35.5. The maximum Gasteiger partial charge on any atom is 0.327 e. The van der Waals surface area contributed by atoms with E-state index in [0.29, 0.717) is 24.5 Å². The van der Waals surface area contributed by atoms with Gasteiger partial charge in [-0.15, -0.1) is 0 Å². The van der Waals surface area contributed by atoms with Crippen LogP contribution in [0.1, 0.15) is 5.82 Å². The number of ether oxygens (including phenoxy) is 1. The third-order valence-electron chi connectivity index (χ3n) is 2.63. The summed E-state index contributed by atoms with van der Waals surface area (Å²) in [5, 5.41) is 13.2. The fourth-order valence-electron chi connectivity index (χ4n) is 1.55. The van der Waals surface area contributed by atoms with Gasteiger partial charge in [-0.1, -0.05) is 11.6 Å². The Kier molecular flexibility index (Phi) is 4.88. The van der Waals surface area contributed by atoms with Crippen molar-refractivity contribution in [3.8, 4) is 0 Å². The molecule has 0 fully saturated rings. The van der Waals surface area contributed by atoms with Crippen LogP contribution in [0.5, 0.6) is 0 Å². The molecule has 0 saturated heterocycles. The monoisotopic (exact) mass is 312 g/mol. The second-order valence-corrected chi connectivity index (χ2v) is 4.40. The average molecular weight is 313 g/mol. The average Bonchev–Trinajstić information content (AvgIpc) is 2.99. The molecule has 21 heavy (non-hydrogen) atoms. The standard InChI is InChI=1S/C11H13ClN6O3/c1-21-9(19)5-18-11(20)10(12)7(4-16-18)13-3-2-8-14-6-15-17-8/h4,6,13H,2-3,5H2,1H3,(H,14,15,17). The summed E-state index contributed by atoms with van der Waals surface area (Å²) in [7, 11) is 1.23. The Morgan fingerprint density at radius 2 is 2.38 bits per heavy atom. The number of nitrogens with zero attached hydrogens (tertiary/aromatic N) is 4. The van der Waals surface area contributed by atoms with Gasteiger partial charge in [0.1, 0.15) is 23.7 Å². The summed E-state index contributed by atoms with van der Waals surface area (Å²) in [6, 6.07) is 0. The highest BCUT2D eigenvalue weighted by Crippen LogP contribution is 2.14. The zero-order valence-electron chi connectivity index (χ0n) is 11.2. The number of anilines is 1. The first-order valence-corrected chi connectivity index (χ1v) is 6.40. The summed E-state index contributed by atoms with van der Waals surface area (Å²) in [4.78, 5) is 27.0. The number of halogens is 1. The maximum atomic E-state index is 11.9. The molecular weight excluding hydrogens is 300 g/mol. The minimum Gasteiger partial charge on any atom is -0.468 e. The fourth-order valence-corrected chi connectivity index (χ4v) is 1.77. The quantitative estimate of drug-likeness (QED) is 0.712. The number of carbonyl (C=O) groups is 1. The van der Waals surface area contributed by atoms with E-state index in [-0.39, 0.29) is 11.6 Å². The predicted octanol–water partition coefficient (Wildman–Crippen LogP) is -0.158. The molecule has 0 aliphatic rings. The summed E-state index contributed by atoms with van der Waals surface area (Å²) in [6.45, 7) is 0.213. The second-order valence-electron chi connectivity index (χ2n) is 4.02. The summed E-state index contributed by atoms with van der Waals surface area (Å²) in [6.07, 6.45) is 3.38. The molecule has 9 nitrogen and oxygen atoms in total. The number of aromatic amines is 1. The van der Waals surface area contributed by atoms with E-state index in [9.17, 15) is 9.59 Å². The van der Waals surface area contributed by atoms with Crippen molar-refractivity contribution in [3.63, 3.8) is 0 Å². The smallest absolute Gasteiger partial charge is 0.327 e. The van der Waals surface area contributed by atoms with E-state index in [1.54, 1.807) is 0 Å². The van der Waals surface area contributed by atoms with Gasteiger partial charge in [0, 0.05) is 13.0 Å². The molecule has 0 radical (unpaired) electrons. The van der Waals surface area contributed by atoms with E-state index in [4.69, 9.17) is 11.6 Å². The van der Waals surface area contributed by atoms with Crippen molar-refractivity contribution in [2.24, 2.45) is 0 Å². The molecule has 2 N–H and O–H groups in total. The number of rotatable bonds is 6. The molecule has 0 amide bonds. The predicted molar refractivity (Wildman–Crippen MR) is 74.1 cm³/mol. The van der Waals surface area contributed by atoms with Crippen LogP contribution in [-0.2, 0) is 22.5 Å². The number of hydrogen-bond donors (Lipinski definition) is 2. The van der Waals surface area contributed by atoms with E-state index in [2.05, 4.69) is 30.3 Å². The van der Waals surface area contributed by atoms with Gasteiger partial charge in [0.25, 0.3) is 5.56 Å². The lowest BCUT2D eigenvalue weighted by Gasteiger charge is -2.09. The van der Waals surface area contributed by atoms with Crippen LogP contribution < -0.4 is 10.9 Å². The minimum atomic E-state index is -0.577. The maximum absolute atomic E-state index is 11.9. The van der Waals surface area contributed by atoms with Crippen molar-refractivity contribution in [3.05, 3.63) is 33.7 Å². The van der Waals surface area contributed by atoms with E-state index in [0.717, 1.165) is 4.68 Å². The lowest BCUT2D eigenvalue weighted by atomic mass is 10.3. The van der Waals surface area contributed by atoms with Crippen LogP contribution in [0.4, 0.5) is 5.69 Å². The van der Waals surface area contributed by atoms with E-state index >= 15 is 0 Å². The van der Waals surface area contributed by atoms with Crippen molar-refractivity contribution in [2.45, 2.75) is 13.0 Å². The van der Waals surface area contributed by atoms with Crippen LogP contribution in [0.25, 0.3) is 0 Å². The number of aromatic nitrogens is 5. The van der Waals surface area contributed by atoms with Crippen LogP contribution in [0, 0.1) is 0 Å². The SMILES string of the molecule is COC(=O)Cn1ncc(NCCc2ncn[nH]2)c(Cl)c1=O. The third kappa shape index (κ3) is 3.78. The van der Waals surface area contributed by atoms with E-state index in [1.807, 2.05) is 0 Å². The zero-order chi connectivity index (χ0) is 15.2. The van der Waals surface area contributed by atoms with Gasteiger partial charge >= 0.3 is 5.97 Å². The molecule has 0 saturated carbocycles.